The van der Waals surface area contributed by atoms with Gasteiger partial charge in [-0.05, 0) is 24.6 Å². The molecular weight excluding hydrogens is 368 g/mol. The molecule has 3 heterocycles. The Hall–Kier alpha value is -2.59. The summed E-state index contributed by atoms with van der Waals surface area (Å²) in [7, 11) is -3.35. The second-order valence-corrected chi connectivity index (χ2v) is 8.18. The van der Waals surface area contributed by atoms with E-state index in [0.717, 1.165) is 0 Å². The maximum absolute atomic E-state index is 12.5. The summed E-state index contributed by atoms with van der Waals surface area (Å²) in [4.78, 5) is 26.1. The molecule has 0 spiro atoms. The Balaban J connectivity index is 1.42. The molecule has 1 amide bonds. The van der Waals surface area contributed by atoms with Crippen LogP contribution in [0.25, 0.3) is 0 Å². The van der Waals surface area contributed by atoms with Crippen LogP contribution in [0.3, 0.4) is 0 Å². The van der Waals surface area contributed by atoms with E-state index in [1.54, 1.807) is 43.0 Å². The third kappa shape index (κ3) is 5.20. The van der Waals surface area contributed by atoms with Gasteiger partial charge in [-0.2, -0.15) is 4.31 Å². The van der Waals surface area contributed by atoms with Gasteiger partial charge in [0.2, 0.25) is 16.0 Å². The highest BCUT2D eigenvalue weighted by molar-refractivity contribution is 7.89. The van der Waals surface area contributed by atoms with Gasteiger partial charge in [-0.15, -0.1) is 0 Å². The fraction of sp³-hybridized carbons (Fsp3) is 0.412. The highest BCUT2D eigenvalue weighted by Crippen LogP contribution is 2.13. The SMILES string of the molecule is O=C(NCCCS(=O)(=O)N1CCN(c2ncccn2)CC1)c1ccncc1. The minimum Gasteiger partial charge on any atom is -0.352 e. The van der Waals surface area contributed by atoms with E-state index in [9.17, 15) is 13.2 Å². The Kier molecular flexibility index (Phi) is 6.30. The third-order valence-corrected chi connectivity index (χ3v) is 6.23. The summed E-state index contributed by atoms with van der Waals surface area (Å²) in [5, 5.41) is 2.73. The number of amides is 1. The Bertz CT molecular complexity index is 839. The van der Waals surface area contributed by atoms with E-state index in [1.807, 2.05) is 4.90 Å². The highest BCUT2D eigenvalue weighted by Gasteiger charge is 2.27. The number of aromatic nitrogens is 3. The lowest BCUT2D eigenvalue weighted by Crippen LogP contribution is -2.49. The smallest absolute Gasteiger partial charge is 0.251 e. The van der Waals surface area contributed by atoms with Crippen LogP contribution in [-0.2, 0) is 10.0 Å². The van der Waals surface area contributed by atoms with Crippen LogP contribution in [0.4, 0.5) is 5.95 Å². The Morgan fingerprint density at radius 3 is 2.37 bits per heavy atom. The summed E-state index contributed by atoms with van der Waals surface area (Å²) in [6.45, 7) is 2.23. The Labute approximate surface area is 158 Å². The van der Waals surface area contributed by atoms with Crippen molar-refractivity contribution in [3.8, 4) is 0 Å². The molecule has 1 aliphatic rings. The lowest BCUT2D eigenvalue weighted by atomic mass is 10.2. The van der Waals surface area contributed by atoms with Gasteiger partial charge in [0, 0.05) is 63.1 Å². The Morgan fingerprint density at radius 2 is 1.70 bits per heavy atom. The molecule has 2 aromatic heterocycles. The van der Waals surface area contributed by atoms with Crippen LogP contribution >= 0.6 is 0 Å². The van der Waals surface area contributed by atoms with Crippen LogP contribution in [0, 0.1) is 0 Å². The largest absolute Gasteiger partial charge is 0.352 e. The van der Waals surface area contributed by atoms with Crippen LogP contribution in [0.1, 0.15) is 16.8 Å². The first-order valence-electron chi connectivity index (χ1n) is 8.74. The summed E-state index contributed by atoms with van der Waals surface area (Å²) in [5.41, 5.74) is 0.507. The number of nitrogens with zero attached hydrogens (tertiary/aromatic N) is 5. The predicted octanol–water partition coefficient (Wildman–Crippen LogP) is 0.144. The van der Waals surface area contributed by atoms with E-state index in [-0.39, 0.29) is 11.7 Å². The number of carbonyl (C=O) groups excluding carboxylic acids is 1. The average molecular weight is 390 g/mol. The standard InChI is InChI=1S/C17H22N6O3S/c24-16(15-3-8-18-9-4-15)19-7-2-14-27(25,26)23-12-10-22(11-13-23)17-20-5-1-6-21-17/h1,3-6,8-9H,2,7,10-14H2,(H,19,24). The fourth-order valence-corrected chi connectivity index (χ4v) is 4.30. The molecule has 2 aromatic rings. The fourth-order valence-electron chi connectivity index (χ4n) is 2.81. The number of hydrogen-bond donors (Lipinski definition) is 1. The lowest BCUT2D eigenvalue weighted by Gasteiger charge is -2.33. The zero-order chi connectivity index (χ0) is 19.1. The second kappa shape index (κ2) is 8.87. The van der Waals surface area contributed by atoms with Crippen LogP contribution in [0.15, 0.2) is 43.0 Å². The predicted molar refractivity (Wildman–Crippen MR) is 101 cm³/mol. The zero-order valence-corrected chi connectivity index (χ0v) is 15.7. The average Bonchev–Trinajstić information content (AvgIpc) is 2.72. The number of rotatable bonds is 7. The number of anilines is 1. The zero-order valence-electron chi connectivity index (χ0n) is 14.9. The second-order valence-electron chi connectivity index (χ2n) is 6.10. The quantitative estimate of drug-likeness (QED) is 0.670. The van der Waals surface area contributed by atoms with Crippen molar-refractivity contribution in [2.75, 3.05) is 43.4 Å². The molecule has 1 saturated heterocycles. The van der Waals surface area contributed by atoms with Gasteiger partial charge >= 0.3 is 0 Å². The first-order chi connectivity index (χ1) is 13.1. The molecule has 144 valence electrons. The van der Waals surface area contributed by atoms with Crippen molar-refractivity contribution in [1.29, 1.82) is 0 Å². The first-order valence-corrected chi connectivity index (χ1v) is 10.4. The van der Waals surface area contributed by atoms with Gasteiger partial charge in [-0.25, -0.2) is 18.4 Å². The number of nitrogens with one attached hydrogen (secondary N) is 1. The molecule has 0 bridgehead atoms. The number of hydrogen-bond acceptors (Lipinski definition) is 7. The minimum atomic E-state index is -3.35. The normalized spacial score (nSPS) is 15.5. The summed E-state index contributed by atoms with van der Waals surface area (Å²) >= 11 is 0. The highest BCUT2D eigenvalue weighted by atomic mass is 32.2. The topological polar surface area (TPSA) is 108 Å². The maximum Gasteiger partial charge on any atom is 0.251 e. The van der Waals surface area contributed by atoms with Crippen molar-refractivity contribution < 1.29 is 13.2 Å². The van der Waals surface area contributed by atoms with E-state index in [1.165, 1.54) is 4.31 Å². The summed E-state index contributed by atoms with van der Waals surface area (Å²) in [6.07, 6.45) is 6.79. The lowest BCUT2D eigenvalue weighted by molar-refractivity contribution is 0.0953. The van der Waals surface area contributed by atoms with Gasteiger partial charge in [0.1, 0.15) is 0 Å². The van der Waals surface area contributed by atoms with Gasteiger partial charge in [-0.1, -0.05) is 0 Å². The Morgan fingerprint density at radius 1 is 1.04 bits per heavy atom. The van der Waals surface area contributed by atoms with Crippen molar-refractivity contribution in [3.05, 3.63) is 48.5 Å². The van der Waals surface area contributed by atoms with E-state index in [2.05, 4.69) is 20.3 Å². The van der Waals surface area contributed by atoms with Crippen molar-refractivity contribution in [2.24, 2.45) is 0 Å². The molecule has 0 radical (unpaired) electrons. The molecule has 0 unspecified atom stereocenters. The monoisotopic (exact) mass is 390 g/mol. The van der Waals surface area contributed by atoms with E-state index >= 15 is 0 Å². The maximum atomic E-state index is 12.5. The van der Waals surface area contributed by atoms with Gasteiger partial charge in [0.25, 0.3) is 5.91 Å². The molecular formula is C17H22N6O3S. The van der Waals surface area contributed by atoms with Crippen molar-refractivity contribution in [3.63, 3.8) is 0 Å². The third-order valence-electron chi connectivity index (χ3n) is 4.27. The van der Waals surface area contributed by atoms with Crippen LogP contribution in [-0.4, -0.2) is 72.1 Å². The number of pyridine rings is 1. The van der Waals surface area contributed by atoms with Crippen LogP contribution in [0.5, 0.6) is 0 Å². The summed E-state index contributed by atoms with van der Waals surface area (Å²) in [6, 6.07) is 4.97. The van der Waals surface area contributed by atoms with Crippen molar-refractivity contribution in [2.45, 2.75) is 6.42 Å². The van der Waals surface area contributed by atoms with Crippen LogP contribution in [0.2, 0.25) is 0 Å². The van der Waals surface area contributed by atoms with E-state index in [0.29, 0.717) is 50.7 Å². The van der Waals surface area contributed by atoms with Gasteiger partial charge in [0.05, 0.1) is 5.75 Å². The van der Waals surface area contributed by atoms with Gasteiger partial charge in [-0.3, -0.25) is 9.78 Å². The van der Waals surface area contributed by atoms with Gasteiger partial charge in [0.15, 0.2) is 0 Å². The van der Waals surface area contributed by atoms with Gasteiger partial charge < -0.3 is 10.2 Å². The molecule has 0 saturated carbocycles. The molecule has 10 heteroatoms. The number of carbonyl (C=O) groups is 1. The molecule has 3 rings (SSSR count). The molecule has 1 aliphatic heterocycles. The van der Waals surface area contributed by atoms with E-state index in [4.69, 9.17) is 0 Å². The molecule has 1 fully saturated rings. The molecule has 9 nitrogen and oxygen atoms in total. The molecule has 0 aromatic carbocycles. The minimum absolute atomic E-state index is 0.00542. The van der Waals surface area contributed by atoms with E-state index < -0.39 is 10.0 Å². The van der Waals surface area contributed by atoms with Crippen LogP contribution < -0.4 is 10.2 Å². The molecule has 0 aliphatic carbocycles. The van der Waals surface area contributed by atoms with Crippen molar-refractivity contribution >= 4 is 21.9 Å². The first kappa shape index (κ1) is 19.2. The number of sulfonamides is 1. The van der Waals surface area contributed by atoms with Crippen molar-refractivity contribution in [1.82, 2.24) is 24.6 Å². The molecule has 1 N–H and O–H groups in total. The number of piperazine rings is 1. The molecule has 27 heavy (non-hydrogen) atoms. The molecule has 0 atom stereocenters. The summed E-state index contributed by atoms with van der Waals surface area (Å²) < 4.78 is 26.5. The summed E-state index contributed by atoms with van der Waals surface area (Å²) in [5.74, 6) is 0.394.